The molecule has 6 nitrogen and oxygen atoms in total. The predicted molar refractivity (Wildman–Crippen MR) is 133 cm³/mol. The molecule has 0 spiro atoms. The van der Waals surface area contributed by atoms with Gasteiger partial charge in [-0.2, -0.15) is 0 Å². The van der Waals surface area contributed by atoms with E-state index in [-0.39, 0.29) is 24.9 Å². The number of carboxylic acid groups (broad SMARTS) is 1. The first-order valence-corrected chi connectivity index (χ1v) is 11.4. The fourth-order valence-electron chi connectivity index (χ4n) is 3.90. The lowest BCUT2D eigenvalue weighted by Gasteiger charge is -2.22. The third-order valence-electron chi connectivity index (χ3n) is 6.08. The molecular weight excluding hydrogens is 428 g/mol. The quantitative estimate of drug-likeness (QED) is 0.366. The minimum Gasteiger partial charge on any atom is -0.480 e. The highest BCUT2D eigenvalue weighted by Crippen LogP contribution is 2.27. The number of aliphatic hydroxyl groups is 1. The van der Waals surface area contributed by atoms with Crippen molar-refractivity contribution < 1.29 is 19.8 Å². The summed E-state index contributed by atoms with van der Waals surface area (Å²) in [6, 6.07) is 22.1. The molecule has 3 aromatic rings. The molecule has 0 aromatic heterocycles. The Morgan fingerprint density at radius 1 is 0.853 bits per heavy atom. The van der Waals surface area contributed by atoms with Crippen LogP contribution < -0.4 is 11.1 Å². The molecule has 0 saturated carbocycles. The van der Waals surface area contributed by atoms with Gasteiger partial charge in [0.25, 0.3) is 5.91 Å². The number of nitrogens with one attached hydrogen (secondary N) is 1. The first-order valence-electron chi connectivity index (χ1n) is 11.4. The van der Waals surface area contributed by atoms with Crippen molar-refractivity contribution in [2.45, 2.75) is 38.8 Å². The minimum absolute atomic E-state index is 0.0318. The Morgan fingerprint density at radius 2 is 1.38 bits per heavy atom. The van der Waals surface area contributed by atoms with Crippen LogP contribution in [0.5, 0.6) is 0 Å². The molecule has 34 heavy (non-hydrogen) atoms. The summed E-state index contributed by atoms with van der Waals surface area (Å²) in [5, 5.41) is 21.2. The molecule has 0 aliphatic carbocycles. The van der Waals surface area contributed by atoms with Gasteiger partial charge >= 0.3 is 5.97 Å². The normalized spacial score (nSPS) is 12.9. The highest BCUT2D eigenvalue weighted by molar-refractivity contribution is 5.94. The first kappa shape index (κ1) is 25.1. The molecule has 178 valence electrons. The Hall–Kier alpha value is -3.48. The van der Waals surface area contributed by atoms with Crippen molar-refractivity contribution in [2.24, 2.45) is 11.7 Å². The van der Waals surface area contributed by atoms with Gasteiger partial charge in [-0.05, 0) is 52.3 Å². The van der Waals surface area contributed by atoms with Gasteiger partial charge in [0.1, 0.15) is 6.04 Å². The van der Waals surface area contributed by atoms with E-state index in [1.165, 1.54) is 0 Å². The summed E-state index contributed by atoms with van der Waals surface area (Å²) >= 11 is 0. The average molecular weight is 461 g/mol. The van der Waals surface area contributed by atoms with E-state index in [0.29, 0.717) is 18.0 Å². The average Bonchev–Trinajstić information content (AvgIpc) is 2.84. The van der Waals surface area contributed by atoms with E-state index in [9.17, 15) is 14.7 Å². The molecular formula is C28H32N2O4. The van der Waals surface area contributed by atoms with Gasteiger partial charge in [-0.15, -0.1) is 0 Å². The molecule has 3 rings (SSSR count). The second kappa shape index (κ2) is 11.6. The Morgan fingerprint density at radius 3 is 1.88 bits per heavy atom. The Bertz CT molecular complexity index is 1090. The van der Waals surface area contributed by atoms with Crippen LogP contribution >= 0.6 is 0 Å². The number of rotatable bonds is 10. The molecule has 0 radical (unpaired) electrons. The Labute approximate surface area is 200 Å². The van der Waals surface area contributed by atoms with E-state index < -0.39 is 12.0 Å². The van der Waals surface area contributed by atoms with Crippen molar-refractivity contribution in [3.8, 4) is 11.1 Å². The molecule has 0 aliphatic heterocycles. The fourth-order valence-corrected chi connectivity index (χ4v) is 3.90. The van der Waals surface area contributed by atoms with Crippen molar-refractivity contribution >= 4 is 11.9 Å². The van der Waals surface area contributed by atoms with E-state index in [0.717, 1.165) is 27.8 Å². The molecule has 6 heteroatoms. The van der Waals surface area contributed by atoms with Crippen LogP contribution in [0.2, 0.25) is 0 Å². The number of hydrogen-bond acceptors (Lipinski definition) is 4. The molecule has 2 atom stereocenters. The van der Waals surface area contributed by atoms with Gasteiger partial charge in [-0.3, -0.25) is 9.59 Å². The van der Waals surface area contributed by atoms with Gasteiger partial charge in [-0.1, -0.05) is 74.5 Å². The number of aliphatic hydroxyl groups excluding tert-OH is 1. The molecule has 0 heterocycles. The van der Waals surface area contributed by atoms with E-state index in [2.05, 4.69) is 43.4 Å². The molecule has 0 fully saturated rings. The standard InChI is InChI=1S/C28H32N2O4/c1-18(2)25(23-13-11-22(12-14-23)21-7-5-20(17-31)6-8-21)16-30-27(32)24-9-3-19(4-10-24)15-26(29)28(33)34/h3-14,18,25-26,31H,15-17,29H2,1-2H3,(H,30,32)(H,33,34). The smallest absolute Gasteiger partial charge is 0.320 e. The molecule has 0 aliphatic rings. The van der Waals surface area contributed by atoms with Gasteiger partial charge in [0.05, 0.1) is 6.61 Å². The molecule has 3 aromatic carbocycles. The highest BCUT2D eigenvalue weighted by atomic mass is 16.4. The summed E-state index contributed by atoms with van der Waals surface area (Å²) in [6.07, 6.45) is 0.216. The maximum atomic E-state index is 12.7. The van der Waals surface area contributed by atoms with Crippen LogP contribution in [0.1, 0.15) is 46.8 Å². The van der Waals surface area contributed by atoms with Gasteiger partial charge < -0.3 is 21.3 Å². The lowest BCUT2D eigenvalue weighted by atomic mass is 9.87. The van der Waals surface area contributed by atoms with Crippen LogP contribution in [0.25, 0.3) is 11.1 Å². The van der Waals surface area contributed by atoms with E-state index in [1.54, 1.807) is 24.3 Å². The van der Waals surface area contributed by atoms with Crippen molar-refractivity contribution in [1.82, 2.24) is 5.32 Å². The molecule has 1 amide bonds. The topological polar surface area (TPSA) is 113 Å². The maximum Gasteiger partial charge on any atom is 0.320 e. The van der Waals surface area contributed by atoms with E-state index in [1.807, 2.05) is 24.3 Å². The molecule has 2 unspecified atom stereocenters. The molecule has 0 bridgehead atoms. The second-order valence-electron chi connectivity index (χ2n) is 8.88. The zero-order valence-corrected chi connectivity index (χ0v) is 19.6. The maximum absolute atomic E-state index is 12.7. The summed E-state index contributed by atoms with van der Waals surface area (Å²) in [5.74, 6) is -0.730. The number of hydrogen-bond donors (Lipinski definition) is 4. The van der Waals surface area contributed by atoms with Gasteiger partial charge in [0, 0.05) is 18.0 Å². The summed E-state index contributed by atoms with van der Waals surface area (Å²) in [7, 11) is 0. The number of aliphatic carboxylic acids is 1. The van der Waals surface area contributed by atoms with Crippen molar-refractivity contribution in [2.75, 3.05) is 6.54 Å². The lowest BCUT2D eigenvalue weighted by Crippen LogP contribution is -2.32. The predicted octanol–water partition coefficient (Wildman–Crippen LogP) is 3.97. The third kappa shape index (κ3) is 6.53. The molecule has 5 N–H and O–H groups in total. The van der Waals surface area contributed by atoms with Crippen molar-refractivity contribution in [3.05, 3.63) is 95.1 Å². The fraction of sp³-hybridized carbons (Fsp3) is 0.286. The van der Waals surface area contributed by atoms with Crippen LogP contribution in [0.3, 0.4) is 0 Å². The van der Waals surface area contributed by atoms with Crippen LogP contribution in [-0.2, 0) is 17.8 Å². The largest absolute Gasteiger partial charge is 0.480 e. The monoisotopic (exact) mass is 460 g/mol. The van der Waals surface area contributed by atoms with Crippen molar-refractivity contribution in [1.29, 1.82) is 0 Å². The SMILES string of the molecule is CC(C)C(CNC(=O)c1ccc(CC(N)C(=O)O)cc1)c1ccc(-c2ccc(CO)cc2)cc1. The number of carbonyl (C=O) groups is 2. The Balaban J connectivity index is 1.63. The number of carbonyl (C=O) groups excluding carboxylic acids is 1. The Kier molecular flexibility index (Phi) is 8.57. The number of nitrogens with two attached hydrogens (primary N) is 1. The highest BCUT2D eigenvalue weighted by Gasteiger charge is 2.18. The van der Waals surface area contributed by atoms with Gasteiger partial charge in [-0.25, -0.2) is 0 Å². The van der Waals surface area contributed by atoms with Gasteiger partial charge in [0.15, 0.2) is 0 Å². The number of benzene rings is 3. The summed E-state index contributed by atoms with van der Waals surface area (Å²) in [4.78, 5) is 23.6. The summed E-state index contributed by atoms with van der Waals surface area (Å²) < 4.78 is 0. The zero-order chi connectivity index (χ0) is 24.7. The van der Waals surface area contributed by atoms with E-state index in [4.69, 9.17) is 10.8 Å². The van der Waals surface area contributed by atoms with Gasteiger partial charge in [0.2, 0.25) is 0 Å². The van der Waals surface area contributed by atoms with Crippen LogP contribution in [0.4, 0.5) is 0 Å². The third-order valence-corrected chi connectivity index (χ3v) is 6.08. The first-order chi connectivity index (χ1) is 16.3. The van der Waals surface area contributed by atoms with E-state index >= 15 is 0 Å². The number of carboxylic acids is 1. The summed E-state index contributed by atoms with van der Waals surface area (Å²) in [6.45, 7) is 4.81. The lowest BCUT2D eigenvalue weighted by molar-refractivity contribution is -0.138. The number of amides is 1. The summed E-state index contributed by atoms with van der Waals surface area (Å²) in [5.41, 5.74) is 11.1. The molecule has 0 saturated heterocycles. The van der Waals surface area contributed by atoms with Crippen molar-refractivity contribution in [3.63, 3.8) is 0 Å². The zero-order valence-electron chi connectivity index (χ0n) is 19.6. The van der Waals surface area contributed by atoms with Crippen LogP contribution in [-0.4, -0.2) is 34.7 Å². The van der Waals surface area contributed by atoms with Crippen LogP contribution in [0.15, 0.2) is 72.8 Å². The second-order valence-corrected chi connectivity index (χ2v) is 8.88. The minimum atomic E-state index is -1.05. The van der Waals surface area contributed by atoms with Crippen LogP contribution in [0, 0.1) is 5.92 Å².